The van der Waals surface area contributed by atoms with Gasteiger partial charge in [0.1, 0.15) is 10.6 Å². The van der Waals surface area contributed by atoms with E-state index < -0.39 is 0 Å². The van der Waals surface area contributed by atoms with Gasteiger partial charge in [0.25, 0.3) is 0 Å². The zero-order valence-electron chi connectivity index (χ0n) is 6.84. The predicted octanol–water partition coefficient (Wildman–Crippen LogP) is 5.35. The number of furan rings is 1. The van der Waals surface area contributed by atoms with Gasteiger partial charge in [0.15, 0.2) is 4.67 Å². The topological polar surface area (TPSA) is 13.1 Å². The Labute approximate surface area is 111 Å². The SMILES string of the molecule is Brc1ccc(C(Br)c2sccc2Br)o1. The Morgan fingerprint density at radius 1 is 1.21 bits per heavy atom. The average molecular weight is 401 g/mol. The van der Waals surface area contributed by atoms with Gasteiger partial charge in [-0.25, -0.2) is 0 Å². The molecule has 0 saturated heterocycles. The van der Waals surface area contributed by atoms with E-state index in [4.69, 9.17) is 4.42 Å². The summed E-state index contributed by atoms with van der Waals surface area (Å²) >= 11 is 12.1. The first-order valence-electron chi connectivity index (χ1n) is 3.80. The highest BCUT2D eigenvalue weighted by atomic mass is 79.9. The van der Waals surface area contributed by atoms with Gasteiger partial charge in [-0.05, 0) is 55.4 Å². The molecule has 1 atom stereocenters. The smallest absolute Gasteiger partial charge is 0.169 e. The first kappa shape index (κ1) is 10.9. The summed E-state index contributed by atoms with van der Waals surface area (Å²) in [5.41, 5.74) is 0. The van der Waals surface area contributed by atoms with Gasteiger partial charge in [0.2, 0.25) is 0 Å². The van der Waals surface area contributed by atoms with Gasteiger partial charge >= 0.3 is 0 Å². The van der Waals surface area contributed by atoms with Crippen molar-refractivity contribution in [3.63, 3.8) is 0 Å². The van der Waals surface area contributed by atoms with Gasteiger partial charge in [-0.3, -0.25) is 0 Å². The highest BCUT2D eigenvalue weighted by molar-refractivity contribution is 9.11. The molecule has 14 heavy (non-hydrogen) atoms. The normalized spacial score (nSPS) is 13.1. The third kappa shape index (κ3) is 2.15. The fraction of sp³-hybridized carbons (Fsp3) is 0.111. The van der Waals surface area contributed by atoms with Crippen LogP contribution < -0.4 is 0 Å². The van der Waals surface area contributed by atoms with Crippen LogP contribution >= 0.6 is 59.1 Å². The molecule has 0 bridgehead atoms. The fourth-order valence-electron chi connectivity index (χ4n) is 1.08. The Bertz CT molecular complexity index is 435. The zero-order valence-corrected chi connectivity index (χ0v) is 12.4. The summed E-state index contributed by atoms with van der Waals surface area (Å²) in [5, 5.41) is 2.05. The van der Waals surface area contributed by atoms with Gasteiger partial charge in [0, 0.05) is 9.35 Å². The molecule has 0 aliphatic rings. The van der Waals surface area contributed by atoms with Crippen molar-refractivity contribution in [1.82, 2.24) is 0 Å². The molecule has 2 heterocycles. The van der Waals surface area contributed by atoms with Crippen molar-refractivity contribution in [3.8, 4) is 0 Å². The molecule has 0 spiro atoms. The number of halogens is 3. The Balaban J connectivity index is 2.33. The molecule has 0 aromatic carbocycles. The van der Waals surface area contributed by atoms with Crippen molar-refractivity contribution in [2.75, 3.05) is 0 Å². The number of alkyl halides is 1. The first-order valence-corrected chi connectivity index (χ1v) is 7.19. The molecule has 0 saturated carbocycles. The van der Waals surface area contributed by atoms with Crippen LogP contribution in [0.15, 0.2) is 37.1 Å². The minimum Gasteiger partial charge on any atom is -0.453 e. The molecule has 0 aliphatic carbocycles. The molecule has 2 aromatic rings. The van der Waals surface area contributed by atoms with Crippen molar-refractivity contribution < 1.29 is 4.42 Å². The van der Waals surface area contributed by atoms with Gasteiger partial charge < -0.3 is 4.42 Å². The van der Waals surface area contributed by atoms with E-state index in [9.17, 15) is 0 Å². The number of thiophene rings is 1. The Kier molecular flexibility index (Phi) is 3.52. The van der Waals surface area contributed by atoms with Crippen molar-refractivity contribution in [2.45, 2.75) is 4.83 Å². The highest BCUT2D eigenvalue weighted by Crippen LogP contribution is 2.39. The first-order chi connectivity index (χ1) is 6.68. The molecule has 0 amide bonds. The van der Waals surface area contributed by atoms with E-state index >= 15 is 0 Å². The van der Waals surface area contributed by atoms with E-state index in [0.29, 0.717) is 0 Å². The fourth-order valence-corrected chi connectivity index (χ4v) is 4.11. The molecule has 1 nitrogen and oxygen atoms in total. The van der Waals surface area contributed by atoms with Crippen molar-refractivity contribution >= 4 is 59.1 Å². The van der Waals surface area contributed by atoms with Crippen molar-refractivity contribution in [3.05, 3.63) is 43.4 Å². The summed E-state index contributed by atoms with van der Waals surface area (Å²) in [4.78, 5) is 1.33. The average Bonchev–Trinajstić information content (AvgIpc) is 2.73. The largest absolute Gasteiger partial charge is 0.453 e. The van der Waals surface area contributed by atoms with Crippen LogP contribution in [0.4, 0.5) is 0 Å². The van der Waals surface area contributed by atoms with E-state index in [0.717, 1.165) is 14.9 Å². The molecule has 0 radical (unpaired) electrons. The Morgan fingerprint density at radius 3 is 2.50 bits per heavy atom. The molecule has 2 rings (SSSR count). The number of hydrogen-bond donors (Lipinski definition) is 0. The maximum atomic E-state index is 5.48. The zero-order chi connectivity index (χ0) is 10.1. The van der Waals surface area contributed by atoms with Gasteiger partial charge in [0.05, 0.1) is 0 Å². The summed E-state index contributed by atoms with van der Waals surface area (Å²) in [6.07, 6.45) is 0. The molecule has 0 fully saturated rings. The van der Waals surface area contributed by atoms with E-state index in [1.165, 1.54) is 4.88 Å². The summed E-state index contributed by atoms with van der Waals surface area (Å²) in [6, 6.07) is 5.88. The summed E-state index contributed by atoms with van der Waals surface area (Å²) < 4.78 is 7.34. The second-order valence-corrected chi connectivity index (χ2v) is 6.14. The predicted molar refractivity (Wildman–Crippen MR) is 69.2 cm³/mol. The lowest BCUT2D eigenvalue weighted by molar-refractivity contribution is 0.498. The van der Waals surface area contributed by atoms with Crippen molar-refractivity contribution in [1.29, 1.82) is 0 Å². The maximum Gasteiger partial charge on any atom is 0.169 e. The van der Waals surface area contributed by atoms with Crippen LogP contribution in [-0.4, -0.2) is 0 Å². The van der Waals surface area contributed by atoms with E-state index in [1.54, 1.807) is 11.3 Å². The van der Waals surface area contributed by atoms with Gasteiger partial charge in [-0.1, -0.05) is 15.9 Å². The molecular weight excluding hydrogens is 396 g/mol. The van der Waals surface area contributed by atoms with Crippen LogP contribution in [0.3, 0.4) is 0 Å². The van der Waals surface area contributed by atoms with Crippen LogP contribution in [0.5, 0.6) is 0 Å². The molecule has 0 aliphatic heterocycles. The second kappa shape index (κ2) is 4.51. The van der Waals surface area contributed by atoms with Crippen LogP contribution in [0, 0.1) is 0 Å². The van der Waals surface area contributed by atoms with Crippen LogP contribution in [0.1, 0.15) is 15.5 Å². The molecule has 2 aromatic heterocycles. The molecule has 1 unspecified atom stereocenters. The standard InChI is InChI=1S/C9H5Br3OS/c10-5-3-4-14-9(5)8(12)6-1-2-7(11)13-6/h1-4,8H. The number of rotatable bonds is 2. The summed E-state index contributed by atoms with van der Waals surface area (Å²) in [5.74, 6) is 0.903. The minimum atomic E-state index is 0.114. The Hall–Kier alpha value is 0.420. The monoisotopic (exact) mass is 398 g/mol. The molecular formula is C9H5Br3OS. The minimum absolute atomic E-state index is 0.114. The molecule has 5 heteroatoms. The molecule has 0 N–H and O–H groups in total. The Morgan fingerprint density at radius 2 is 2.00 bits per heavy atom. The van der Waals surface area contributed by atoms with Crippen LogP contribution in [0.25, 0.3) is 0 Å². The second-order valence-electron chi connectivity index (χ2n) is 2.64. The lowest BCUT2D eigenvalue weighted by Gasteiger charge is -2.04. The maximum absolute atomic E-state index is 5.48. The summed E-state index contributed by atoms with van der Waals surface area (Å²) in [7, 11) is 0. The lowest BCUT2D eigenvalue weighted by Crippen LogP contribution is -1.86. The lowest BCUT2D eigenvalue weighted by atomic mass is 10.3. The van der Waals surface area contributed by atoms with E-state index in [-0.39, 0.29) is 4.83 Å². The van der Waals surface area contributed by atoms with Crippen molar-refractivity contribution in [2.24, 2.45) is 0 Å². The van der Waals surface area contributed by atoms with Gasteiger partial charge in [-0.15, -0.1) is 11.3 Å². The highest BCUT2D eigenvalue weighted by Gasteiger charge is 2.17. The number of hydrogen-bond acceptors (Lipinski definition) is 2. The third-order valence-electron chi connectivity index (χ3n) is 1.72. The van der Waals surface area contributed by atoms with Gasteiger partial charge in [-0.2, -0.15) is 0 Å². The quantitative estimate of drug-likeness (QED) is 0.619. The van der Waals surface area contributed by atoms with E-state index in [2.05, 4.69) is 47.8 Å². The molecule has 74 valence electrons. The van der Waals surface area contributed by atoms with Crippen LogP contribution in [0.2, 0.25) is 0 Å². The van der Waals surface area contributed by atoms with E-state index in [1.807, 2.05) is 23.6 Å². The third-order valence-corrected chi connectivity index (χ3v) is 5.29. The van der Waals surface area contributed by atoms with Crippen LogP contribution in [-0.2, 0) is 0 Å². The summed E-state index contributed by atoms with van der Waals surface area (Å²) in [6.45, 7) is 0.